The molecule has 0 saturated heterocycles. The van der Waals surface area contributed by atoms with Crippen LogP contribution in [0.3, 0.4) is 0 Å². The van der Waals surface area contributed by atoms with Crippen molar-refractivity contribution in [2.75, 3.05) is 0 Å². The second-order valence-corrected chi connectivity index (χ2v) is 4.87. The summed E-state index contributed by atoms with van der Waals surface area (Å²) in [5.74, 6) is -1.19. The zero-order valence-corrected chi connectivity index (χ0v) is 10.8. The molecule has 76 valence electrons. The van der Waals surface area contributed by atoms with Crippen molar-refractivity contribution in [3.63, 3.8) is 0 Å². The van der Waals surface area contributed by atoms with Crippen LogP contribution in [0.4, 0.5) is 0 Å². The van der Waals surface area contributed by atoms with Gasteiger partial charge in [-0.15, -0.1) is 0 Å². The van der Waals surface area contributed by atoms with Gasteiger partial charge in [-0.3, -0.25) is 0 Å². The minimum atomic E-state index is -1.34. The van der Waals surface area contributed by atoms with Gasteiger partial charge in [0.15, 0.2) is 6.10 Å². The van der Waals surface area contributed by atoms with Crippen LogP contribution < -0.4 is 0 Å². The molecule has 0 amide bonds. The van der Waals surface area contributed by atoms with E-state index in [4.69, 9.17) is 5.11 Å². The van der Waals surface area contributed by atoms with E-state index in [2.05, 4.69) is 38.5 Å². The van der Waals surface area contributed by atoms with Crippen LogP contribution in [0.1, 0.15) is 5.56 Å². The highest BCUT2D eigenvalue weighted by atomic mass is 127. The van der Waals surface area contributed by atoms with E-state index in [0.717, 1.165) is 13.6 Å². The first-order chi connectivity index (χ1) is 6.50. The van der Waals surface area contributed by atoms with Gasteiger partial charge in [0.1, 0.15) is 0 Å². The minimum absolute atomic E-state index is 0.132. The number of halogens is 2. The van der Waals surface area contributed by atoms with Gasteiger partial charge in [-0.25, -0.2) is 4.79 Å². The Labute approximate surface area is 103 Å². The fraction of sp³-hybridized carbons (Fsp3) is 0.222. The number of benzene rings is 1. The van der Waals surface area contributed by atoms with Crippen molar-refractivity contribution in [1.82, 2.24) is 0 Å². The lowest BCUT2D eigenvalue weighted by Gasteiger charge is -2.07. The molecule has 0 aromatic heterocycles. The number of aliphatic carboxylic acids is 1. The number of aliphatic hydroxyl groups is 1. The molecule has 1 rings (SSSR count). The van der Waals surface area contributed by atoms with Crippen LogP contribution >= 0.6 is 38.5 Å². The Balaban J connectivity index is 2.85. The molecule has 0 saturated carbocycles. The number of carboxylic acids is 1. The number of carbonyl (C=O) groups is 1. The van der Waals surface area contributed by atoms with E-state index in [0.29, 0.717) is 0 Å². The van der Waals surface area contributed by atoms with Crippen molar-refractivity contribution >= 4 is 44.5 Å². The van der Waals surface area contributed by atoms with Crippen molar-refractivity contribution in [3.05, 3.63) is 31.8 Å². The fourth-order valence-corrected chi connectivity index (χ4v) is 1.96. The average Bonchev–Trinajstić information content (AvgIpc) is 2.11. The Morgan fingerprint density at radius 2 is 2.21 bits per heavy atom. The summed E-state index contributed by atoms with van der Waals surface area (Å²) in [7, 11) is 0. The molecule has 1 atom stereocenters. The molecular weight excluding hydrogens is 363 g/mol. The first-order valence-corrected chi connectivity index (χ1v) is 5.72. The molecule has 0 bridgehead atoms. The van der Waals surface area contributed by atoms with Gasteiger partial charge >= 0.3 is 5.97 Å². The number of hydrogen-bond donors (Lipinski definition) is 2. The summed E-state index contributed by atoms with van der Waals surface area (Å²) in [6, 6.07) is 5.56. The monoisotopic (exact) mass is 370 g/mol. The molecule has 0 heterocycles. The second kappa shape index (κ2) is 5.09. The van der Waals surface area contributed by atoms with Gasteiger partial charge in [-0.1, -0.05) is 15.9 Å². The molecule has 0 radical (unpaired) electrons. The van der Waals surface area contributed by atoms with Crippen molar-refractivity contribution in [2.24, 2.45) is 0 Å². The predicted octanol–water partition coefficient (Wildman–Crippen LogP) is 2.04. The van der Waals surface area contributed by atoms with E-state index >= 15 is 0 Å². The van der Waals surface area contributed by atoms with E-state index < -0.39 is 12.1 Å². The molecule has 1 aromatic rings. The molecule has 14 heavy (non-hydrogen) atoms. The van der Waals surface area contributed by atoms with Gasteiger partial charge in [0.05, 0.1) is 0 Å². The maximum atomic E-state index is 10.4. The van der Waals surface area contributed by atoms with E-state index in [1.165, 1.54) is 0 Å². The zero-order chi connectivity index (χ0) is 10.7. The summed E-state index contributed by atoms with van der Waals surface area (Å²) >= 11 is 5.40. The van der Waals surface area contributed by atoms with Crippen molar-refractivity contribution in [3.8, 4) is 0 Å². The molecule has 0 aliphatic rings. The summed E-state index contributed by atoms with van der Waals surface area (Å²) in [6.07, 6.45) is -1.20. The second-order valence-electron chi connectivity index (χ2n) is 2.79. The third-order valence-corrected chi connectivity index (χ3v) is 3.25. The Bertz CT molecular complexity index is 354. The van der Waals surface area contributed by atoms with Gasteiger partial charge in [0, 0.05) is 14.5 Å². The first-order valence-electron chi connectivity index (χ1n) is 3.85. The average molecular weight is 371 g/mol. The standard InChI is InChI=1S/C9H8BrIO3/c10-6-1-2-7(11)5(3-6)4-8(12)9(13)14/h1-3,8,12H,4H2,(H,13,14). The number of carboxylic acid groups (broad SMARTS) is 1. The fourth-order valence-electron chi connectivity index (χ4n) is 0.995. The highest BCUT2D eigenvalue weighted by Crippen LogP contribution is 2.19. The third kappa shape index (κ3) is 3.21. The smallest absolute Gasteiger partial charge is 0.332 e. The maximum absolute atomic E-state index is 10.4. The molecule has 0 fully saturated rings. The van der Waals surface area contributed by atoms with Crippen LogP contribution in [-0.2, 0) is 11.2 Å². The Morgan fingerprint density at radius 1 is 1.57 bits per heavy atom. The van der Waals surface area contributed by atoms with Crippen molar-refractivity contribution in [1.29, 1.82) is 0 Å². The highest BCUT2D eigenvalue weighted by Gasteiger charge is 2.15. The summed E-state index contributed by atoms with van der Waals surface area (Å²) < 4.78 is 1.83. The maximum Gasteiger partial charge on any atom is 0.332 e. The lowest BCUT2D eigenvalue weighted by Crippen LogP contribution is -2.22. The van der Waals surface area contributed by atoms with Crippen molar-refractivity contribution < 1.29 is 15.0 Å². The topological polar surface area (TPSA) is 57.5 Å². The molecule has 0 aliphatic heterocycles. The summed E-state index contributed by atoms with van der Waals surface area (Å²) in [5.41, 5.74) is 0.829. The van der Waals surface area contributed by atoms with E-state index in [1.54, 1.807) is 0 Å². The number of rotatable bonds is 3. The molecule has 3 nitrogen and oxygen atoms in total. The van der Waals surface area contributed by atoms with E-state index in [-0.39, 0.29) is 6.42 Å². The van der Waals surface area contributed by atoms with Crippen LogP contribution in [0.5, 0.6) is 0 Å². The molecule has 0 spiro atoms. The van der Waals surface area contributed by atoms with Gasteiger partial charge in [-0.05, 0) is 46.4 Å². The van der Waals surface area contributed by atoms with Crippen molar-refractivity contribution in [2.45, 2.75) is 12.5 Å². The Morgan fingerprint density at radius 3 is 2.79 bits per heavy atom. The van der Waals surface area contributed by atoms with Gasteiger partial charge < -0.3 is 10.2 Å². The quantitative estimate of drug-likeness (QED) is 0.800. The minimum Gasteiger partial charge on any atom is -0.479 e. The summed E-state index contributed by atoms with van der Waals surface area (Å²) in [6.45, 7) is 0. The van der Waals surface area contributed by atoms with Crippen LogP contribution in [-0.4, -0.2) is 22.3 Å². The molecule has 0 aliphatic carbocycles. The first kappa shape index (κ1) is 11.9. The van der Waals surface area contributed by atoms with Crippen LogP contribution in [0.25, 0.3) is 0 Å². The molecule has 1 unspecified atom stereocenters. The number of hydrogen-bond acceptors (Lipinski definition) is 2. The Hall–Kier alpha value is -0.140. The van der Waals surface area contributed by atoms with Crippen LogP contribution in [0.15, 0.2) is 22.7 Å². The molecule has 2 N–H and O–H groups in total. The normalized spacial score (nSPS) is 12.5. The zero-order valence-electron chi connectivity index (χ0n) is 7.08. The largest absolute Gasteiger partial charge is 0.479 e. The Kier molecular flexibility index (Phi) is 4.33. The third-order valence-electron chi connectivity index (χ3n) is 1.71. The molecule has 5 heteroatoms. The van der Waals surface area contributed by atoms with Crippen LogP contribution in [0.2, 0.25) is 0 Å². The summed E-state index contributed by atoms with van der Waals surface area (Å²) in [5, 5.41) is 17.7. The molecular formula is C9H8BrIO3. The SMILES string of the molecule is O=C(O)C(O)Cc1cc(Br)ccc1I. The van der Waals surface area contributed by atoms with E-state index in [9.17, 15) is 9.90 Å². The lowest BCUT2D eigenvalue weighted by atomic mass is 10.1. The van der Waals surface area contributed by atoms with Crippen LogP contribution in [0, 0.1) is 3.57 Å². The predicted molar refractivity (Wildman–Crippen MR) is 64.2 cm³/mol. The van der Waals surface area contributed by atoms with Gasteiger partial charge in [0.2, 0.25) is 0 Å². The summed E-state index contributed by atoms with van der Waals surface area (Å²) in [4.78, 5) is 10.4. The van der Waals surface area contributed by atoms with Gasteiger partial charge in [-0.2, -0.15) is 0 Å². The molecule has 1 aromatic carbocycles. The van der Waals surface area contributed by atoms with Gasteiger partial charge in [0.25, 0.3) is 0 Å². The lowest BCUT2D eigenvalue weighted by molar-refractivity contribution is -0.146. The number of aliphatic hydroxyl groups excluding tert-OH is 1. The van der Waals surface area contributed by atoms with E-state index in [1.807, 2.05) is 18.2 Å². The highest BCUT2D eigenvalue weighted by molar-refractivity contribution is 14.1.